The van der Waals surface area contributed by atoms with Gasteiger partial charge < -0.3 is 4.90 Å². The third-order valence-corrected chi connectivity index (χ3v) is 19.6. The second kappa shape index (κ2) is 18.7. The van der Waals surface area contributed by atoms with Gasteiger partial charge in [0, 0.05) is 22.4 Å². The summed E-state index contributed by atoms with van der Waals surface area (Å²) >= 11 is 0. The van der Waals surface area contributed by atoms with Crippen LogP contribution in [0.2, 0.25) is 0 Å². The van der Waals surface area contributed by atoms with Crippen molar-refractivity contribution < 1.29 is 0 Å². The standard InChI is InChI=1S/C82H63N/c1-80(2)72-48-59(37-36-56(72)38-43-63(55-26-13-7-14-27-55)67-44-39-57(49-73(67)80)53-22-9-5-10-23-53)60-40-45-68-74(50-60)82(69-33-19-17-30-65(69)66-31-18-20-34-70(66)82)71-35-21-32-64(79(68)71)61-42-47-78-76(52-61)81(3,4)75-51-58(54-24-11-6-12-25-54)41-46-77(75)83(78)62-28-15-8-16-29-62/h5-37,39-42,44-52,63H,38,43H2,1-4H3. The van der Waals surface area contributed by atoms with Crippen molar-refractivity contribution in [3.63, 3.8) is 0 Å². The van der Waals surface area contributed by atoms with E-state index in [4.69, 9.17) is 0 Å². The second-order valence-corrected chi connectivity index (χ2v) is 24.6. The molecule has 3 aliphatic carbocycles. The molecule has 1 unspecified atom stereocenters. The van der Waals surface area contributed by atoms with Gasteiger partial charge in [-0.3, -0.25) is 0 Å². The van der Waals surface area contributed by atoms with Crippen LogP contribution in [0, 0.1) is 0 Å². The van der Waals surface area contributed by atoms with Crippen molar-refractivity contribution in [2.45, 2.75) is 62.7 Å². The Morgan fingerprint density at radius 1 is 0.313 bits per heavy atom. The monoisotopic (exact) mass is 1060 g/mol. The van der Waals surface area contributed by atoms with Crippen LogP contribution in [-0.4, -0.2) is 0 Å². The van der Waals surface area contributed by atoms with Gasteiger partial charge in [0.2, 0.25) is 0 Å². The molecule has 0 radical (unpaired) electrons. The molecule has 83 heavy (non-hydrogen) atoms. The molecule has 1 aliphatic heterocycles. The predicted molar refractivity (Wildman–Crippen MR) is 346 cm³/mol. The molecule has 0 amide bonds. The Balaban J connectivity index is 0.877. The molecule has 1 heterocycles. The van der Waals surface area contributed by atoms with Gasteiger partial charge in [0.25, 0.3) is 0 Å². The Labute approximate surface area is 488 Å². The zero-order chi connectivity index (χ0) is 55.6. The first-order valence-electron chi connectivity index (χ1n) is 29.7. The van der Waals surface area contributed by atoms with Crippen LogP contribution >= 0.6 is 0 Å². The van der Waals surface area contributed by atoms with Gasteiger partial charge in [-0.05, 0) is 195 Å². The fourth-order valence-electron chi connectivity index (χ4n) is 15.6. The van der Waals surface area contributed by atoms with Crippen molar-refractivity contribution in [1.82, 2.24) is 0 Å². The second-order valence-electron chi connectivity index (χ2n) is 24.6. The molecule has 0 saturated heterocycles. The van der Waals surface area contributed by atoms with Crippen molar-refractivity contribution in [2.75, 3.05) is 4.90 Å². The lowest BCUT2D eigenvalue weighted by molar-refractivity contribution is 0.583. The highest BCUT2D eigenvalue weighted by atomic mass is 15.2. The van der Waals surface area contributed by atoms with E-state index < -0.39 is 5.41 Å². The molecule has 4 aliphatic rings. The van der Waals surface area contributed by atoms with Crippen LogP contribution in [-0.2, 0) is 22.7 Å². The Morgan fingerprint density at radius 2 is 0.771 bits per heavy atom. The van der Waals surface area contributed by atoms with Crippen LogP contribution in [0.5, 0.6) is 0 Å². The van der Waals surface area contributed by atoms with E-state index >= 15 is 0 Å². The van der Waals surface area contributed by atoms with E-state index in [2.05, 4.69) is 312 Å². The first-order chi connectivity index (χ1) is 40.7. The molecule has 12 aromatic carbocycles. The molecule has 1 nitrogen and oxygen atoms in total. The minimum Gasteiger partial charge on any atom is -0.310 e. The number of benzene rings is 12. The van der Waals surface area contributed by atoms with Gasteiger partial charge in [0.15, 0.2) is 0 Å². The van der Waals surface area contributed by atoms with E-state index in [0.29, 0.717) is 5.92 Å². The fraction of sp³-hybridized carbons (Fsp3) is 0.122. The number of rotatable bonds is 6. The van der Waals surface area contributed by atoms with Gasteiger partial charge in [-0.25, -0.2) is 0 Å². The molecular formula is C82H63N. The van der Waals surface area contributed by atoms with Gasteiger partial charge in [-0.2, -0.15) is 0 Å². The van der Waals surface area contributed by atoms with Crippen molar-refractivity contribution >= 4 is 17.1 Å². The molecular weight excluding hydrogens is 999 g/mol. The molecule has 0 saturated carbocycles. The van der Waals surface area contributed by atoms with Crippen LogP contribution in [0.4, 0.5) is 17.1 Å². The lowest BCUT2D eigenvalue weighted by atomic mass is 9.67. The van der Waals surface area contributed by atoms with Gasteiger partial charge >= 0.3 is 0 Å². The molecule has 16 rings (SSSR count). The van der Waals surface area contributed by atoms with Crippen molar-refractivity contribution in [2.24, 2.45) is 0 Å². The average Bonchev–Trinajstić information content (AvgIpc) is 1.79. The molecule has 1 heteroatoms. The number of anilines is 3. The average molecular weight is 1060 g/mol. The summed E-state index contributed by atoms with van der Waals surface area (Å²) in [5, 5.41) is 0. The number of para-hydroxylation sites is 1. The lowest BCUT2D eigenvalue weighted by Gasteiger charge is -2.42. The number of nitrogens with zero attached hydrogens (tertiary/aromatic N) is 1. The smallest absolute Gasteiger partial charge is 0.0725 e. The largest absolute Gasteiger partial charge is 0.310 e. The lowest BCUT2D eigenvalue weighted by Crippen LogP contribution is -2.30. The van der Waals surface area contributed by atoms with Gasteiger partial charge in [-0.15, -0.1) is 0 Å². The summed E-state index contributed by atoms with van der Waals surface area (Å²) in [7, 11) is 0. The molecule has 0 fully saturated rings. The molecule has 0 bridgehead atoms. The van der Waals surface area contributed by atoms with E-state index in [0.717, 1.165) is 18.5 Å². The first kappa shape index (κ1) is 49.3. The van der Waals surface area contributed by atoms with Crippen molar-refractivity contribution in [1.29, 1.82) is 0 Å². The van der Waals surface area contributed by atoms with Crippen LogP contribution in [0.1, 0.15) is 101 Å². The number of hydrogen-bond acceptors (Lipinski definition) is 1. The molecule has 1 spiro atoms. The molecule has 1 atom stereocenters. The highest BCUT2D eigenvalue weighted by molar-refractivity contribution is 6.01. The van der Waals surface area contributed by atoms with Crippen LogP contribution in [0.15, 0.2) is 279 Å². The molecule has 396 valence electrons. The van der Waals surface area contributed by atoms with E-state index in [1.807, 2.05) is 0 Å². The third kappa shape index (κ3) is 7.40. The van der Waals surface area contributed by atoms with E-state index in [1.54, 1.807) is 0 Å². The number of aryl methyl sites for hydroxylation is 1. The quantitative estimate of drug-likeness (QED) is 0.160. The maximum absolute atomic E-state index is 2.58. The van der Waals surface area contributed by atoms with E-state index in [1.165, 1.54) is 139 Å². The third-order valence-electron chi connectivity index (χ3n) is 19.6. The van der Waals surface area contributed by atoms with Gasteiger partial charge in [0.1, 0.15) is 0 Å². The predicted octanol–water partition coefficient (Wildman–Crippen LogP) is 21.2. The SMILES string of the molecule is CC1(C)c2cc(-c3ccc4c(c3)C3(c5ccccc5-c5ccccc53)c3cccc(-c5ccc6c(c5)C(C)(C)c5cc(-c7ccccc7)ccc5N6c5ccccc5)c3-4)ccc2CCC(c2ccccc2)c2ccc(-c3ccccc3)cc21. The zero-order valence-electron chi connectivity index (χ0n) is 47.5. The summed E-state index contributed by atoms with van der Waals surface area (Å²) in [6, 6.07) is 106. The Kier molecular flexibility index (Phi) is 11.1. The Bertz CT molecular complexity index is 4500. The summed E-state index contributed by atoms with van der Waals surface area (Å²) in [5.41, 5.74) is 32.7. The molecule has 12 aromatic rings. The molecule has 0 aromatic heterocycles. The summed E-state index contributed by atoms with van der Waals surface area (Å²) in [6.07, 6.45) is 2.04. The highest BCUT2D eigenvalue weighted by Gasteiger charge is 2.52. The maximum Gasteiger partial charge on any atom is 0.0725 e. The first-order valence-corrected chi connectivity index (χ1v) is 29.7. The van der Waals surface area contributed by atoms with Crippen LogP contribution in [0.3, 0.4) is 0 Å². The highest BCUT2D eigenvalue weighted by Crippen LogP contribution is 2.65. The Hall–Kier alpha value is -9.56. The summed E-state index contributed by atoms with van der Waals surface area (Å²) in [4.78, 5) is 2.48. The van der Waals surface area contributed by atoms with Crippen molar-refractivity contribution in [3.8, 4) is 66.8 Å². The number of hydrogen-bond donors (Lipinski definition) is 0. The summed E-state index contributed by atoms with van der Waals surface area (Å²) in [6.45, 7) is 9.79. The van der Waals surface area contributed by atoms with Crippen molar-refractivity contribution in [3.05, 3.63) is 340 Å². The summed E-state index contributed by atoms with van der Waals surface area (Å²) < 4.78 is 0. The molecule has 0 N–H and O–H groups in total. The topological polar surface area (TPSA) is 3.24 Å². The van der Waals surface area contributed by atoms with E-state index in [-0.39, 0.29) is 10.8 Å². The minimum absolute atomic E-state index is 0.292. The normalized spacial score (nSPS) is 16.0. The Morgan fingerprint density at radius 3 is 1.42 bits per heavy atom. The number of fused-ring (bicyclic) bond motifs is 14. The van der Waals surface area contributed by atoms with Gasteiger partial charge in [0.05, 0.1) is 16.8 Å². The minimum atomic E-state index is -0.531. The summed E-state index contributed by atoms with van der Waals surface area (Å²) in [5.74, 6) is 0.293. The maximum atomic E-state index is 2.58. The van der Waals surface area contributed by atoms with Gasteiger partial charge in [-0.1, -0.05) is 252 Å². The zero-order valence-corrected chi connectivity index (χ0v) is 47.5. The fourth-order valence-corrected chi connectivity index (χ4v) is 15.6. The van der Waals surface area contributed by atoms with Crippen LogP contribution < -0.4 is 4.90 Å². The van der Waals surface area contributed by atoms with E-state index in [9.17, 15) is 0 Å². The van der Waals surface area contributed by atoms with Crippen LogP contribution in [0.25, 0.3) is 66.8 Å².